The van der Waals surface area contributed by atoms with E-state index in [-0.39, 0.29) is 5.41 Å². The lowest BCUT2D eigenvalue weighted by molar-refractivity contribution is 0.505. The van der Waals surface area contributed by atoms with Gasteiger partial charge < -0.3 is 11.1 Å². The molecule has 1 aliphatic rings. The van der Waals surface area contributed by atoms with Crippen LogP contribution in [0.25, 0.3) is 0 Å². The molecule has 1 aliphatic carbocycles. The van der Waals surface area contributed by atoms with Gasteiger partial charge in [0.15, 0.2) is 0 Å². The van der Waals surface area contributed by atoms with Crippen molar-refractivity contribution in [2.45, 2.75) is 33.6 Å². The number of allylic oxidation sites excluding steroid dienone is 2. The molecule has 0 saturated heterocycles. The first-order chi connectivity index (χ1) is 7.47. The van der Waals surface area contributed by atoms with E-state index in [2.05, 4.69) is 32.2 Å². The quantitative estimate of drug-likeness (QED) is 0.738. The van der Waals surface area contributed by atoms with Crippen molar-refractivity contribution in [3.05, 3.63) is 35.5 Å². The lowest BCUT2D eigenvalue weighted by atomic mass is 9.91. The second kappa shape index (κ2) is 3.85. The minimum absolute atomic E-state index is 0.177. The zero-order valence-corrected chi connectivity index (χ0v) is 10.3. The number of nitrogens with one attached hydrogen (secondary N) is 1. The molecule has 1 aromatic carbocycles. The lowest BCUT2D eigenvalue weighted by Crippen LogP contribution is -2.17. The van der Waals surface area contributed by atoms with Crippen LogP contribution >= 0.6 is 0 Å². The van der Waals surface area contributed by atoms with E-state index in [1.54, 1.807) is 5.57 Å². The summed E-state index contributed by atoms with van der Waals surface area (Å²) in [6.07, 6.45) is 2.48. The fourth-order valence-corrected chi connectivity index (χ4v) is 1.88. The third-order valence-electron chi connectivity index (χ3n) is 2.76. The second-order valence-corrected chi connectivity index (χ2v) is 5.48. The number of nitrogens with two attached hydrogens (primary N) is 1. The van der Waals surface area contributed by atoms with Crippen LogP contribution in [0, 0.1) is 5.41 Å². The highest BCUT2D eigenvalue weighted by molar-refractivity contribution is 5.58. The number of hydrogen-bond acceptors (Lipinski definition) is 2. The summed E-state index contributed by atoms with van der Waals surface area (Å²) in [7, 11) is 0. The topological polar surface area (TPSA) is 38.0 Å². The molecule has 2 nitrogen and oxygen atoms in total. The smallest absolute Gasteiger partial charge is 0.0402 e. The number of anilines is 2. The molecule has 0 unspecified atom stereocenters. The summed E-state index contributed by atoms with van der Waals surface area (Å²) in [6, 6.07) is 7.93. The Hall–Kier alpha value is -1.44. The van der Waals surface area contributed by atoms with Gasteiger partial charge in [0, 0.05) is 22.5 Å². The van der Waals surface area contributed by atoms with E-state index in [9.17, 15) is 0 Å². The van der Waals surface area contributed by atoms with Gasteiger partial charge in [0.25, 0.3) is 0 Å². The monoisotopic (exact) mass is 216 g/mol. The number of benzene rings is 1. The molecule has 1 aromatic rings. The summed E-state index contributed by atoms with van der Waals surface area (Å²) in [6.45, 7) is 6.73. The Labute approximate surface area is 97.5 Å². The van der Waals surface area contributed by atoms with E-state index in [0.29, 0.717) is 0 Å². The van der Waals surface area contributed by atoms with Gasteiger partial charge in [0.2, 0.25) is 0 Å². The summed E-state index contributed by atoms with van der Waals surface area (Å²) in [5.74, 6) is 0. The van der Waals surface area contributed by atoms with Crippen LogP contribution in [0.15, 0.2) is 35.5 Å². The van der Waals surface area contributed by atoms with Crippen LogP contribution in [0.3, 0.4) is 0 Å². The maximum Gasteiger partial charge on any atom is 0.0402 e. The first-order valence-electron chi connectivity index (χ1n) is 5.82. The maximum atomic E-state index is 5.78. The molecule has 3 N–H and O–H groups in total. The Morgan fingerprint density at radius 1 is 1.25 bits per heavy atom. The van der Waals surface area contributed by atoms with E-state index in [1.165, 1.54) is 18.5 Å². The van der Waals surface area contributed by atoms with Crippen molar-refractivity contribution >= 4 is 11.4 Å². The Balaban J connectivity index is 2.23. The normalized spacial score (nSPS) is 14.8. The molecule has 0 atom stereocenters. The third-order valence-corrected chi connectivity index (χ3v) is 2.76. The summed E-state index contributed by atoms with van der Waals surface area (Å²) < 4.78 is 0. The van der Waals surface area contributed by atoms with Crippen molar-refractivity contribution in [1.82, 2.24) is 0 Å². The van der Waals surface area contributed by atoms with Crippen LogP contribution in [-0.4, -0.2) is 0 Å². The third kappa shape index (κ3) is 2.57. The van der Waals surface area contributed by atoms with Gasteiger partial charge in [0.05, 0.1) is 0 Å². The van der Waals surface area contributed by atoms with E-state index in [4.69, 9.17) is 5.73 Å². The van der Waals surface area contributed by atoms with Crippen LogP contribution in [0.2, 0.25) is 0 Å². The maximum absolute atomic E-state index is 5.78. The number of hydrogen-bond donors (Lipinski definition) is 2. The van der Waals surface area contributed by atoms with E-state index < -0.39 is 0 Å². The first kappa shape index (κ1) is 11.1. The molecule has 86 valence electrons. The molecule has 0 aliphatic heterocycles. The van der Waals surface area contributed by atoms with Crippen LogP contribution in [-0.2, 0) is 0 Å². The highest BCUT2D eigenvalue weighted by Crippen LogP contribution is 2.40. The Morgan fingerprint density at radius 3 is 2.44 bits per heavy atom. The van der Waals surface area contributed by atoms with Gasteiger partial charge in [-0.25, -0.2) is 0 Å². The van der Waals surface area contributed by atoms with Crippen molar-refractivity contribution in [1.29, 1.82) is 0 Å². The van der Waals surface area contributed by atoms with Crippen LogP contribution in [0.1, 0.15) is 33.6 Å². The highest BCUT2D eigenvalue weighted by Gasteiger charge is 2.26. The summed E-state index contributed by atoms with van der Waals surface area (Å²) in [5.41, 5.74) is 10.8. The molecule has 1 saturated carbocycles. The molecule has 1 fully saturated rings. The molecule has 16 heavy (non-hydrogen) atoms. The molecule has 0 amide bonds. The standard InChI is InChI=1S/C14H20N2/c1-14(2,3)13(10-7-8-10)16-12-6-4-5-11(15)9-12/h4-6,9,16H,7-8,15H2,1-3H3. The Kier molecular flexibility index (Phi) is 2.66. The summed E-state index contributed by atoms with van der Waals surface area (Å²) >= 11 is 0. The zero-order chi connectivity index (χ0) is 11.8. The lowest BCUT2D eigenvalue weighted by Gasteiger charge is -2.25. The highest BCUT2D eigenvalue weighted by atomic mass is 14.9. The first-order valence-corrected chi connectivity index (χ1v) is 5.82. The van der Waals surface area contributed by atoms with E-state index in [1.807, 2.05) is 18.2 Å². The minimum atomic E-state index is 0.177. The molecule has 0 aromatic heterocycles. The SMILES string of the molecule is CC(C)(C)C(Nc1cccc(N)c1)=C1CC1. The molecular formula is C14H20N2. The van der Waals surface area contributed by atoms with Crippen molar-refractivity contribution < 1.29 is 0 Å². The summed E-state index contributed by atoms with van der Waals surface area (Å²) in [4.78, 5) is 0. The Morgan fingerprint density at radius 2 is 1.94 bits per heavy atom. The molecule has 0 radical (unpaired) electrons. The van der Waals surface area contributed by atoms with Crippen LogP contribution < -0.4 is 11.1 Å². The van der Waals surface area contributed by atoms with Crippen molar-refractivity contribution in [2.75, 3.05) is 11.1 Å². The predicted molar refractivity (Wildman–Crippen MR) is 70.2 cm³/mol. The minimum Gasteiger partial charge on any atom is -0.399 e. The van der Waals surface area contributed by atoms with Gasteiger partial charge in [-0.3, -0.25) is 0 Å². The fraction of sp³-hybridized carbons (Fsp3) is 0.429. The van der Waals surface area contributed by atoms with Crippen LogP contribution in [0.5, 0.6) is 0 Å². The van der Waals surface area contributed by atoms with Crippen LogP contribution in [0.4, 0.5) is 11.4 Å². The molecule has 0 bridgehead atoms. The molecule has 2 rings (SSSR count). The average Bonchev–Trinajstić information content (AvgIpc) is 2.95. The number of nitrogen functional groups attached to an aromatic ring is 1. The molecular weight excluding hydrogens is 196 g/mol. The van der Waals surface area contributed by atoms with Gasteiger partial charge in [-0.15, -0.1) is 0 Å². The molecule has 2 heteroatoms. The largest absolute Gasteiger partial charge is 0.399 e. The second-order valence-electron chi connectivity index (χ2n) is 5.48. The van der Waals surface area contributed by atoms with Gasteiger partial charge in [-0.1, -0.05) is 26.8 Å². The fourth-order valence-electron chi connectivity index (χ4n) is 1.88. The molecule has 0 spiro atoms. The summed E-state index contributed by atoms with van der Waals surface area (Å²) in [5, 5.41) is 3.52. The van der Waals surface area contributed by atoms with Gasteiger partial charge in [-0.05, 0) is 36.6 Å². The zero-order valence-electron chi connectivity index (χ0n) is 10.3. The van der Waals surface area contributed by atoms with Gasteiger partial charge >= 0.3 is 0 Å². The molecule has 0 heterocycles. The van der Waals surface area contributed by atoms with Gasteiger partial charge in [0.1, 0.15) is 0 Å². The predicted octanol–water partition coefficient (Wildman–Crippen LogP) is 3.77. The van der Waals surface area contributed by atoms with E-state index >= 15 is 0 Å². The Bertz CT molecular complexity index is 419. The number of rotatable bonds is 2. The van der Waals surface area contributed by atoms with E-state index in [0.717, 1.165) is 11.4 Å². The average molecular weight is 216 g/mol. The van der Waals surface area contributed by atoms with Crippen molar-refractivity contribution in [3.8, 4) is 0 Å². The van der Waals surface area contributed by atoms with Gasteiger partial charge in [-0.2, -0.15) is 0 Å². The van der Waals surface area contributed by atoms with Crippen molar-refractivity contribution in [2.24, 2.45) is 5.41 Å². The van der Waals surface area contributed by atoms with Crippen molar-refractivity contribution in [3.63, 3.8) is 0 Å².